The van der Waals surface area contributed by atoms with Gasteiger partial charge in [-0.2, -0.15) is 0 Å². The summed E-state index contributed by atoms with van der Waals surface area (Å²) in [5.74, 6) is -0.845. The number of halogens is 2. The maximum Gasteiger partial charge on any atom is 0.128 e. The lowest BCUT2D eigenvalue weighted by Crippen LogP contribution is -2.27. The van der Waals surface area contributed by atoms with Crippen molar-refractivity contribution in [3.05, 3.63) is 34.9 Å². The lowest BCUT2D eigenvalue weighted by molar-refractivity contribution is 0.318. The van der Waals surface area contributed by atoms with Crippen LogP contribution in [0.4, 0.5) is 8.78 Å². The van der Waals surface area contributed by atoms with Crippen LogP contribution in [-0.4, -0.2) is 0 Å². The summed E-state index contributed by atoms with van der Waals surface area (Å²) in [6.07, 6.45) is 0. The molecule has 0 spiro atoms. The predicted molar refractivity (Wildman–Crippen MR) is 57.5 cm³/mol. The standard InChI is InChI=1S/C12H17F2N/c1-7-5-10(14)8(6-9(7)13)11(15)12(2,3)4/h5-6,11H,15H2,1-4H3. The van der Waals surface area contributed by atoms with Crippen molar-refractivity contribution in [2.45, 2.75) is 33.7 Å². The Morgan fingerprint density at radius 2 is 1.67 bits per heavy atom. The van der Waals surface area contributed by atoms with E-state index in [0.29, 0.717) is 5.56 Å². The van der Waals surface area contributed by atoms with Gasteiger partial charge in [0.1, 0.15) is 11.6 Å². The zero-order valence-electron chi connectivity index (χ0n) is 9.57. The van der Waals surface area contributed by atoms with Crippen LogP contribution in [0.2, 0.25) is 0 Å². The van der Waals surface area contributed by atoms with E-state index in [4.69, 9.17) is 5.73 Å². The number of hydrogen-bond donors (Lipinski definition) is 1. The fraction of sp³-hybridized carbons (Fsp3) is 0.500. The van der Waals surface area contributed by atoms with Gasteiger partial charge in [-0.15, -0.1) is 0 Å². The minimum atomic E-state index is -0.507. The molecule has 0 bridgehead atoms. The Balaban J connectivity index is 3.21. The van der Waals surface area contributed by atoms with Gasteiger partial charge < -0.3 is 5.73 Å². The second kappa shape index (κ2) is 3.89. The first kappa shape index (κ1) is 12.1. The van der Waals surface area contributed by atoms with Crippen LogP contribution >= 0.6 is 0 Å². The highest BCUT2D eigenvalue weighted by Gasteiger charge is 2.25. The molecule has 1 nitrogen and oxygen atoms in total. The largest absolute Gasteiger partial charge is 0.323 e. The average Bonchev–Trinajstić information content (AvgIpc) is 2.08. The highest BCUT2D eigenvalue weighted by Crippen LogP contribution is 2.32. The summed E-state index contributed by atoms with van der Waals surface area (Å²) >= 11 is 0. The van der Waals surface area contributed by atoms with Crippen molar-refractivity contribution in [2.24, 2.45) is 11.1 Å². The van der Waals surface area contributed by atoms with E-state index in [1.165, 1.54) is 19.1 Å². The van der Waals surface area contributed by atoms with Gasteiger partial charge in [-0.3, -0.25) is 0 Å². The van der Waals surface area contributed by atoms with E-state index < -0.39 is 17.7 Å². The summed E-state index contributed by atoms with van der Waals surface area (Å²) in [6.45, 7) is 7.23. The highest BCUT2D eigenvalue weighted by molar-refractivity contribution is 5.28. The predicted octanol–water partition coefficient (Wildman–Crippen LogP) is 3.32. The summed E-state index contributed by atoms with van der Waals surface area (Å²) in [6, 6.07) is 1.88. The van der Waals surface area contributed by atoms with Crippen LogP contribution < -0.4 is 5.73 Å². The Labute approximate surface area is 89.3 Å². The Kier molecular flexibility index (Phi) is 3.14. The molecule has 3 heteroatoms. The van der Waals surface area contributed by atoms with Crippen molar-refractivity contribution in [1.29, 1.82) is 0 Å². The molecule has 1 aromatic carbocycles. The third kappa shape index (κ3) is 2.53. The van der Waals surface area contributed by atoms with E-state index in [9.17, 15) is 8.78 Å². The zero-order valence-corrected chi connectivity index (χ0v) is 9.57. The molecule has 0 saturated heterocycles. The fourth-order valence-corrected chi connectivity index (χ4v) is 1.37. The third-order valence-corrected chi connectivity index (χ3v) is 2.55. The summed E-state index contributed by atoms with van der Waals surface area (Å²) in [5.41, 5.74) is 6.14. The van der Waals surface area contributed by atoms with Crippen LogP contribution in [-0.2, 0) is 0 Å². The third-order valence-electron chi connectivity index (χ3n) is 2.55. The first-order chi connectivity index (χ1) is 6.73. The number of rotatable bonds is 1. The smallest absolute Gasteiger partial charge is 0.128 e. The molecule has 0 aromatic heterocycles. The van der Waals surface area contributed by atoms with E-state index in [-0.39, 0.29) is 11.0 Å². The molecule has 0 aliphatic heterocycles. The maximum atomic E-state index is 13.6. The van der Waals surface area contributed by atoms with E-state index in [0.717, 1.165) is 0 Å². The second-order valence-electron chi connectivity index (χ2n) is 4.97. The molecule has 1 unspecified atom stereocenters. The molecule has 1 aromatic rings. The molecule has 0 aliphatic carbocycles. The Hall–Kier alpha value is -0.960. The lowest BCUT2D eigenvalue weighted by atomic mass is 9.82. The molecule has 2 N–H and O–H groups in total. The van der Waals surface area contributed by atoms with Crippen molar-refractivity contribution in [3.8, 4) is 0 Å². The summed E-state index contributed by atoms with van der Waals surface area (Å²) < 4.78 is 26.9. The molecule has 0 aliphatic rings. The minimum Gasteiger partial charge on any atom is -0.323 e. The molecule has 0 radical (unpaired) electrons. The van der Waals surface area contributed by atoms with Gasteiger partial charge in [0.05, 0.1) is 0 Å². The van der Waals surface area contributed by atoms with Gasteiger partial charge in [-0.05, 0) is 30.0 Å². The van der Waals surface area contributed by atoms with Gasteiger partial charge in [0.25, 0.3) is 0 Å². The molecule has 0 fully saturated rings. The van der Waals surface area contributed by atoms with Crippen LogP contribution in [0.15, 0.2) is 12.1 Å². The first-order valence-electron chi connectivity index (χ1n) is 4.94. The first-order valence-corrected chi connectivity index (χ1v) is 4.94. The summed E-state index contributed by atoms with van der Waals surface area (Å²) in [7, 11) is 0. The number of hydrogen-bond acceptors (Lipinski definition) is 1. The van der Waals surface area contributed by atoms with Gasteiger partial charge >= 0.3 is 0 Å². The van der Waals surface area contributed by atoms with Crippen molar-refractivity contribution < 1.29 is 8.78 Å². The van der Waals surface area contributed by atoms with Crippen LogP contribution in [0.25, 0.3) is 0 Å². The SMILES string of the molecule is Cc1cc(F)c(C(N)C(C)(C)C)cc1F. The van der Waals surface area contributed by atoms with Gasteiger partial charge in [-0.1, -0.05) is 20.8 Å². The van der Waals surface area contributed by atoms with Crippen LogP contribution in [0.1, 0.15) is 37.9 Å². The average molecular weight is 213 g/mol. The summed E-state index contributed by atoms with van der Waals surface area (Å²) in [5, 5.41) is 0. The molecular weight excluding hydrogens is 196 g/mol. The molecule has 1 rings (SSSR count). The van der Waals surface area contributed by atoms with E-state index in [2.05, 4.69) is 0 Å². The quantitative estimate of drug-likeness (QED) is 0.760. The Bertz CT molecular complexity index is 367. The highest BCUT2D eigenvalue weighted by atomic mass is 19.1. The number of aryl methyl sites for hydroxylation is 1. The van der Waals surface area contributed by atoms with Crippen LogP contribution in [0.3, 0.4) is 0 Å². The molecule has 0 amide bonds. The van der Waals surface area contributed by atoms with Crippen molar-refractivity contribution >= 4 is 0 Å². The fourth-order valence-electron chi connectivity index (χ4n) is 1.37. The Morgan fingerprint density at radius 1 is 1.13 bits per heavy atom. The number of nitrogens with two attached hydrogens (primary N) is 1. The van der Waals surface area contributed by atoms with E-state index in [1.807, 2.05) is 20.8 Å². The lowest BCUT2D eigenvalue weighted by Gasteiger charge is -2.27. The van der Waals surface area contributed by atoms with E-state index in [1.54, 1.807) is 0 Å². The zero-order chi connectivity index (χ0) is 11.8. The maximum absolute atomic E-state index is 13.6. The molecule has 84 valence electrons. The number of benzene rings is 1. The van der Waals surface area contributed by atoms with Gasteiger partial charge in [0.15, 0.2) is 0 Å². The minimum absolute atomic E-state index is 0.241. The van der Waals surface area contributed by atoms with Crippen molar-refractivity contribution in [2.75, 3.05) is 0 Å². The van der Waals surface area contributed by atoms with Crippen LogP contribution in [0, 0.1) is 24.0 Å². The summed E-state index contributed by atoms with van der Waals surface area (Å²) in [4.78, 5) is 0. The van der Waals surface area contributed by atoms with Gasteiger partial charge in [-0.25, -0.2) is 8.78 Å². The van der Waals surface area contributed by atoms with E-state index >= 15 is 0 Å². The molecular formula is C12H17F2N. The normalized spacial score (nSPS) is 14.1. The van der Waals surface area contributed by atoms with Crippen molar-refractivity contribution in [1.82, 2.24) is 0 Å². The molecule has 0 saturated carbocycles. The molecule has 0 heterocycles. The topological polar surface area (TPSA) is 26.0 Å². The Morgan fingerprint density at radius 3 is 2.13 bits per heavy atom. The van der Waals surface area contributed by atoms with Gasteiger partial charge in [0, 0.05) is 11.6 Å². The van der Waals surface area contributed by atoms with Crippen molar-refractivity contribution in [3.63, 3.8) is 0 Å². The monoisotopic (exact) mass is 213 g/mol. The second-order valence-corrected chi connectivity index (χ2v) is 4.97. The van der Waals surface area contributed by atoms with Gasteiger partial charge in [0.2, 0.25) is 0 Å². The van der Waals surface area contributed by atoms with Crippen LogP contribution in [0.5, 0.6) is 0 Å². The molecule has 15 heavy (non-hydrogen) atoms. The molecule has 1 atom stereocenters.